The Bertz CT molecular complexity index is 902. The van der Waals surface area contributed by atoms with Crippen molar-refractivity contribution in [3.8, 4) is 0 Å². The second-order valence-electron chi connectivity index (χ2n) is 9.54. The molecule has 2 nitrogen and oxygen atoms in total. The van der Waals surface area contributed by atoms with Crippen molar-refractivity contribution in [2.24, 2.45) is 13.0 Å². The van der Waals surface area contributed by atoms with Gasteiger partial charge in [-0.05, 0) is 56.9 Å². The van der Waals surface area contributed by atoms with Crippen molar-refractivity contribution in [3.63, 3.8) is 0 Å². The van der Waals surface area contributed by atoms with E-state index in [0.717, 1.165) is 12.8 Å². The van der Waals surface area contributed by atoms with Gasteiger partial charge in [-0.25, -0.2) is 4.57 Å². The second kappa shape index (κ2) is 23.8. The van der Waals surface area contributed by atoms with Crippen LogP contribution >= 0.6 is 0 Å². The molecule has 2 atom stereocenters. The third-order valence-corrected chi connectivity index (χ3v) is 6.47. The first-order chi connectivity index (χ1) is 15.2. The van der Waals surface area contributed by atoms with Crippen LogP contribution in [0.15, 0.2) is 42.1 Å². The fourth-order valence-corrected chi connectivity index (χ4v) is 4.08. The number of allylic oxidation sites excluding steroid dienone is 4. The molecule has 0 radical (unpaired) electrons. The first-order valence-corrected chi connectivity index (χ1v) is 12.6. The fourth-order valence-electron chi connectivity index (χ4n) is 4.08. The molecule has 37 heavy (non-hydrogen) atoms. The van der Waals surface area contributed by atoms with E-state index in [0.29, 0.717) is 5.92 Å². The minimum atomic E-state index is 0. The van der Waals surface area contributed by atoms with Crippen LogP contribution in [0.5, 0.6) is 0 Å². The summed E-state index contributed by atoms with van der Waals surface area (Å²) in [4.78, 5) is 0. The molecule has 1 heterocycles. The van der Waals surface area contributed by atoms with Gasteiger partial charge < -0.3 is 20.6 Å². The van der Waals surface area contributed by atoms with E-state index >= 15 is 0 Å². The topological polar surface area (TPSA) is 27.7 Å². The van der Waals surface area contributed by atoms with Crippen molar-refractivity contribution in [1.29, 1.82) is 0 Å². The van der Waals surface area contributed by atoms with Crippen LogP contribution in [0.3, 0.4) is 0 Å². The number of benzene rings is 1. The van der Waals surface area contributed by atoms with E-state index in [4.69, 9.17) is 5.73 Å². The third-order valence-electron chi connectivity index (χ3n) is 6.47. The molecular weight excluding hydrogens is 631 g/mol. The molecular formula is C34H62N2Pt-2. The maximum Gasteiger partial charge on any atom is 0.216 e. The summed E-state index contributed by atoms with van der Waals surface area (Å²) in [5.41, 5.74) is 15.6. The van der Waals surface area contributed by atoms with Crippen LogP contribution in [-0.2, 0) is 28.1 Å². The van der Waals surface area contributed by atoms with Gasteiger partial charge in [0, 0.05) is 38.1 Å². The Balaban J connectivity index is -0.000000182. The van der Waals surface area contributed by atoms with Crippen LogP contribution < -0.4 is 4.57 Å². The molecule has 1 aliphatic carbocycles. The molecule has 0 aliphatic heterocycles. The van der Waals surface area contributed by atoms with Gasteiger partial charge in [0.05, 0.1) is 0 Å². The summed E-state index contributed by atoms with van der Waals surface area (Å²) in [7, 11) is 2.12. The molecule has 1 aromatic carbocycles. The first-order valence-electron chi connectivity index (χ1n) is 12.6. The van der Waals surface area contributed by atoms with Gasteiger partial charge in [-0.1, -0.05) is 104 Å². The van der Waals surface area contributed by atoms with Gasteiger partial charge in [0.25, 0.3) is 0 Å². The molecule has 3 rings (SSSR count). The average molecular weight is 694 g/mol. The molecule has 1 aliphatic rings. The molecule has 2 unspecified atom stereocenters. The SMILES string of the molecule is C.C.CC1CCCCC1[NH-].CCC.CCC(C)=C/C=C(/C)c1ccc2c(C)cc[n+](C)c2c1C.[CH3-].[CH3-].[Pt]. The molecule has 0 spiro atoms. The summed E-state index contributed by atoms with van der Waals surface area (Å²) in [5, 5.41) is 1.34. The van der Waals surface area contributed by atoms with Crippen molar-refractivity contribution in [1.82, 2.24) is 0 Å². The van der Waals surface area contributed by atoms with Gasteiger partial charge in [-0.3, -0.25) is 0 Å². The van der Waals surface area contributed by atoms with Crippen LogP contribution in [0.1, 0.15) is 112 Å². The van der Waals surface area contributed by atoms with Crippen LogP contribution in [0.2, 0.25) is 0 Å². The van der Waals surface area contributed by atoms with Crippen molar-refractivity contribution in [3.05, 3.63) is 79.4 Å². The minimum Gasteiger partial charge on any atom is -0.674 e. The van der Waals surface area contributed by atoms with Crippen molar-refractivity contribution < 1.29 is 25.6 Å². The van der Waals surface area contributed by atoms with E-state index in [-0.39, 0.29) is 56.8 Å². The zero-order valence-electron chi connectivity index (χ0n) is 24.6. The monoisotopic (exact) mass is 693 g/mol. The fraction of sp³-hybridized carbons (Fsp3) is 0.559. The number of hydrogen-bond donors (Lipinski definition) is 0. The number of fused-ring (bicyclic) bond motifs is 1. The Morgan fingerprint density at radius 3 is 1.97 bits per heavy atom. The quantitative estimate of drug-likeness (QED) is 0.174. The summed E-state index contributed by atoms with van der Waals surface area (Å²) < 4.78 is 2.22. The molecule has 2 aromatic rings. The molecule has 220 valence electrons. The van der Waals surface area contributed by atoms with E-state index in [1.807, 2.05) is 0 Å². The standard InChI is InChI=1S/C20H26N.C7H14N.C3H8.2CH4.2CH3.Pt/c1-7-14(2)8-9-15(3)18-10-11-19-16(4)12-13-21(6)20(19)17(18)5;1-6-4-2-3-5-7(6)8;1-3-2;;;;;/h8-13H,7H2,1-6H3;6-8H,2-5H2,1H3;3H2,1-2H3;2*1H4;2*1H3;/q+1;-1;;;;2*-1;/b14-8?,15-9-;;;;;;;. The van der Waals surface area contributed by atoms with Gasteiger partial charge in [0.2, 0.25) is 5.52 Å². The molecule has 0 amide bonds. The number of hydrogen-bond acceptors (Lipinski definition) is 0. The maximum atomic E-state index is 7.48. The Hall–Kier alpha value is -1.24. The zero-order chi connectivity index (χ0) is 24.3. The van der Waals surface area contributed by atoms with Crippen LogP contribution in [-0.4, -0.2) is 6.04 Å². The Morgan fingerprint density at radius 1 is 0.973 bits per heavy atom. The predicted octanol–water partition coefficient (Wildman–Crippen LogP) is 11.2. The summed E-state index contributed by atoms with van der Waals surface area (Å²) >= 11 is 0. The normalized spacial score (nSPS) is 16.5. The molecule has 1 fully saturated rings. The van der Waals surface area contributed by atoms with Crippen LogP contribution in [0.4, 0.5) is 0 Å². The van der Waals surface area contributed by atoms with Gasteiger partial charge >= 0.3 is 0 Å². The van der Waals surface area contributed by atoms with Gasteiger partial charge in [-0.15, -0.1) is 6.04 Å². The summed E-state index contributed by atoms with van der Waals surface area (Å²) in [6.45, 7) is 17.4. The average Bonchev–Trinajstić information content (AvgIpc) is 2.77. The molecule has 3 heteroatoms. The Labute approximate surface area is 248 Å². The number of aryl methyl sites for hydroxylation is 3. The van der Waals surface area contributed by atoms with E-state index in [1.54, 1.807) is 0 Å². The number of pyridine rings is 1. The Morgan fingerprint density at radius 2 is 1.51 bits per heavy atom. The van der Waals surface area contributed by atoms with E-state index in [2.05, 4.69) is 104 Å². The second-order valence-corrected chi connectivity index (χ2v) is 9.54. The van der Waals surface area contributed by atoms with Crippen LogP contribution in [0, 0.1) is 34.6 Å². The summed E-state index contributed by atoms with van der Waals surface area (Å²) in [6, 6.07) is 6.94. The number of nitrogens with one attached hydrogen (secondary N) is 1. The van der Waals surface area contributed by atoms with Crippen LogP contribution in [0.25, 0.3) is 22.2 Å². The molecule has 1 aromatic heterocycles. The predicted molar refractivity (Wildman–Crippen MR) is 170 cm³/mol. The number of rotatable bonds is 3. The smallest absolute Gasteiger partial charge is 0.216 e. The first kappa shape index (κ1) is 45.7. The number of nitrogens with zero attached hydrogens (tertiary/aromatic N) is 1. The summed E-state index contributed by atoms with van der Waals surface area (Å²) in [5.74, 6) is 0.670. The van der Waals surface area contributed by atoms with Crippen molar-refractivity contribution in [2.75, 3.05) is 0 Å². The molecule has 1 saturated carbocycles. The van der Waals surface area contributed by atoms with Gasteiger partial charge in [-0.2, -0.15) is 0 Å². The molecule has 1 N–H and O–H groups in total. The third kappa shape index (κ3) is 14.5. The van der Waals surface area contributed by atoms with Crippen molar-refractivity contribution in [2.45, 2.75) is 115 Å². The minimum absolute atomic E-state index is 0. The Kier molecular flexibility index (Phi) is 29.4. The van der Waals surface area contributed by atoms with Crippen molar-refractivity contribution >= 4 is 16.5 Å². The largest absolute Gasteiger partial charge is 0.674 e. The van der Waals surface area contributed by atoms with E-state index < -0.39 is 0 Å². The van der Waals surface area contributed by atoms with E-state index in [1.165, 1.54) is 64.4 Å². The number of aromatic nitrogens is 1. The maximum absolute atomic E-state index is 7.48. The summed E-state index contributed by atoms with van der Waals surface area (Å²) in [6.07, 6.45) is 14.0. The molecule has 0 saturated heterocycles. The zero-order valence-corrected chi connectivity index (χ0v) is 26.9. The van der Waals surface area contributed by atoms with E-state index in [9.17, 15) is 0 Å². The molecule has 0 bridgehead atoms. The van der Waals surface area contributed by atoms with Gasteiger partial charge in [0.1, 0.15) is 7.05 Å². The van der Waals surface area contributed by atoms with Gasteiger partial charge in [0.15, 0.2) is 6.20 Å².